The second kappa shape index (κ2) is 8.92. The van der Waals surface area contributed by atoms with E-state index < -0.39 is 5.82 Å². The average Bonchev–Trinajstić information content (AvgIpc) is 3.53. The number of aryl methyl sites for hydroxylation is 1. The number of fused-ring (bicyclic) bond motifs is 1. The lowest BCUT2D eigenvalue weighted by Crippen LogP contribution is -2.59. The highest BCUT2D eigenvalue weighted by molar-refractivity contribution is 7.14. The Kier molecular flexibility index (Phi) is 5.68. The number of aromatic nitrogens is 3. The maximum atomic E-state index is 15.1. The van der Waals surface area contributed by atoms with Gasteiger partial charge in [-0.25, -0.2) is 14.4 Å². The highest BCUT2D eigenvalue weighted by atomic mass is 32.1. The van der Waals surface area contributed by atoms with Gasteiger partial charge in [0.1, 0.15) is 34.0 Å². The summed E-state index contributed by atoms with van der Waals surface area (Å²) in [7, 11) is 0. The molecule has 188 valence electrons. The third-order valence-corrected chi connectivity index (χ3v) is 8.72. The number of pyridine rings is 2. The van der Waals surface area contributed by atoms with E-state index in [1.807, 2.05) is 12.4 Å². The Labute approximate surface area is 218 Å². The second-order valence-corrected chi connectivity index (χ2v) is 10.9. The molecule has 6 heterocycles. The summed E-state index contributed by atoms with van der Waals surface area (Å²) in [5.74, 6) is 0.0733. The maximum absolute atomic E-state index is 15.1. The van der Waals surface area contributed by atoms with E-state index in [0.717, 1.165) is 41.5 Å². The zero-order chi connectivity index (χ0) is 25.7. The van der Waals surface area contributed by atoms with Crippen LogP contribution in [0.1, 0.15) is 28.9 Å². The quantitative estimate of drug-likeness (QED) is 0.490. The van der Waals surface area contributed by atoms with Crippen molar-refractivity contribution in [3.05, 3.63) is 64.8 Å². The van der Waals surface area contributed by atoms with Crippen molar-refractivity contribution in [1.82, 2.24) is 19.9 Å². The van der Waals surface area contributed by atoms with Gasteiger partial charge in [0.25, 0.3) is 0 Å². The Balaban J connectivity index is 1.42. The molecule has 0 N–H and O–H groups in total. The van der Waals surface area contributed by atoms with Gasteiger partial charge in [0, 0.05) is 49.9 Å². The first-order valence-corrected chi connectivity index (χ1v) is 13.2. The number of hydrogen-bond acceptors (Lipinski definition) is 8. The van der Waals surface area contributed by atoms with Crippen molar-refractivity contribution in [2.75, 3.05) is 42.5 Å². The molecule has 2 saturated heterocycles. The average molecular weight is 516 g/mol. The minimum Gasteiger partial charge on any atom is -0.356 e. The minimum atomic E-state index is -0.449. The molecular weight excluding hydrogens is 489 g/mol. The van der Waals surface area contributed by atoms with E-state index in [0.29, 0.717) is 49.5 Å². The summed E-state index contributed by atoms with van der Waals surface area (Å²) in [4.78, 5) is 32.0. The SMILES string of the molecule is C=CC(=O)N1CC2(CCN(c3nc4c(c(-c5ncccc5F)c3C#N)CCN(c3scnc3C)C4)C2)C1. The van der Waals surface area contributed by atoms with Crippen LogP contribution in [0.4, 0.5) is 15.2 Å². The highest BCUT2D eigenvalue weighted by Gasteiger charge is 2.49. The molecule has 3 aliphatic heterocycles. The highest BCUT2D eigenvalue weighted by Crippen LogP contribution is 2.44. The number of anilines is 2. The van der Waals surface area contributed by atoms with E-state index >= 15 is 4.39 Å². The summed E-state index contributed by atoms with van der Waals surface area (Å²) in [6, 6.07) is 5.30. The maximum Gasteiger partial charge on any atom is 0.245 e. The van der Waals surface area contributed by atoms with Crippen molar-refractivity contribution >= 4 is 28.1 Å². The molecule has 0 atom stereocenters. The van der Waals surface area contributed by atoms with Gasteiger partial charge in [-0.1, -0.05) is 6.58 Å². The number of carbonyl (C=O) groups excluding carboxylic acids is 1. The normalized spacial score (nSPS) is 17.9. The molecule has 37 heavy (non-hydrogen) atoms. The Hall–Kier alpha value is -3.84. The van der Waals surface area contributed by atoms with Crippen molar-refractivity contribution in [3.8, 4) is 17.3 Å². The fourth-order valence-electron chi connectivity index (χ4n) is 5.93. The topological polar surface area (TPSA) is 89.2 Å². The number of hydrogen-bond donors (Lipinski definition) is 0. The molecule has 3 aromatic rings. The van der Waals surface area contributed by atoms with Crippen LogP contribution in [-0.2, 0) is 17.8 Å². The van der Waals surface area contributed by atoms with Crippen molar-refractivity contribution in [2.24, 2.45) is 5.41 Å². The van der Waals surface area contributed by atoms with Gasteiger partial charge in [-0.05, 0) is 43.5 Å². The molecule has 10 heteroatoms. The number of rotatable bonds is 4. The molecule has 2 fully saturated rings. The molecule has 3 aliphatic rings. The van der Waals surface area contributed by atoms with Crippen molar-refractivity contribution < 1.29 is 9.18 Å². The van der Waals surface area contributed by atoms with Crippen molar-refractivity contribution in [2.45, 2.75) is 26.3 Å². The number of nitriles is 1. The van der Waals surface area contributed by atoms with Crippen LogP contribution in [-0.4, -0.2) is 58.5 Å². The lowest BCUT2D eigenvalue weighted by atomic mass is 9.79. The molecule has 8 nitrogen and oxygen atoms in total. The molecule has 3 aromatic heterocycles. The largest absolute Gasteiger partial charge is 0.356 e. The van der Waals surface area contributed by atoms with Gasteiger partial charge in [-0.3, -0.25) is 9.78 Å². The summed E-state index contributed by atoms with van der Waals surface area (Å²) < 4.78 is 15.1. The van der Waals surface area contributed by atoms with Crippen LogP contribution in [0.5, 0.6) is 0 Å². The fourth-order valence-corrected chi connectivity index (χ4v) is 6.76. The van der Waals surface area contributed by atoms with Crippen LogP contribution in [0.2, 0.25) is 0 Å². The Morgan fingerprint density at radius 1 is 1.27 bits per heavy atom. The number of carbonyl (C=O) groups is 1. The van der Waals surface area contributed by atoms with E-state index in [4.69, 9.17) is 4.98 Å². The molecule has 0 radical (unpaired) electrons. The summed E-state index contributed by atoms with van der Waals surface area (Å²) in [5, 5.41) is 11.5. The second-order valence-electron chi connectivity index (χ2n) is 10.0. The van der Waals surface area contributed by atoms with Gasteiger partial charge in [-0.2, -0.15) is 5.26 Å². The van der Waals surface area contributed by atoms with E-state index in [1.165, 1.54) is 12.1 Å². The lowest BCUT2D eigenvalue weighted by Gasteiger charge is -2.47. The van der Waals surface area contributed by atoms with E-state index in [-0.39, 0.29) is 17.0 Å². The van der Waals surface area contributed by atoms with Crippen LogP contribution in [0.3, 0.4) is 0 Å². The third kappa shape index (κ3) is 3.85. The summed E-state index contributed by atoms with van der Waals surface area (Å²) in [6.45, 7) is 9.61. The van der Waals surface area contributed by atoms with Gasteiger partial charge in [-0.15, -0.1) is 11.3 Å². The fraction of sp³-hybridized carbons (Fsp3) is 0.370. The minimum absolute atomic E-state index is 0.0226. The number of nitrogens with zero attached hydrogens (tertiary/aromatic N) is 7. The van der Waals surface area contributed by atoms with Crippen molar-refractivity contribution in [3.63, 3.8) is 0 Å². The molecule has 0 aliphatic carbocycles. The molecule has 6 rings (SSSR count). The molecule has 1 amide bonds. The zero-order valence-electron chi connectivity index (χ0n) is 20.6. The number of thiazole rings is 1. The van der Waals surface area contributed by atoms with Crippen LogP contribution < -0.4 is 9.80 Å². The van der Waals surface area contributed by atoms with Gasteiger partial charge in [0.15, 0.2) is 0 Å². The Bertz CT molecular complexity index is 1460. The molecule has 0 aromatic carbocycles. The molecule has 0 saturated carbocycles. The summed E-state index contributed by atoms with van der Waals surface area (Å²) >= 11 is 1.60. The Morgan fingerprint density at radius 3 is 2.81 bits per heavy atom. The van der Waals surface area contributed by atoms with Crippen LogP contribution >= 0.6 is 11.3 Å². The van der Waals surface area contributed by atoms with E-state index in [1.54, 1.807) is 28.5 Å². The smallest absolute Gasteiger partial charge is 0.245 e. The first kappa shape index (κ1) is 23.6. The number of amides is 1. The van der Waals surface area contributed by atoms with Gasteiger partial charge in [0.05, 0.1) is 23.4 Å². The van der Waals surface area contributed by atoms with Crippen LogP contribution in [0, 0.1) is 29.5 Å². The number of likely N-dealkylation sites (tertiary alicyclic amines) is 1. The predicted octanol–water partition coefficient (Wildman–Crippen LogP) is 3.71. The van der Waals surface area contributed by atoms with Gasteiger partial charge in [0.2, 0.25) is 5.91 Å². The molecule has 1 spiro atoms. The lowest BCUT2D eigenvalue weighted by molar-refractivity contribution is -0.136. The van der Waals surface area contributed by atoms with Gasteiger partial charge < -0.3 is 14.7 Å². The predicted molar refractivity (Wildman–Crippen MR) is 140 cm³/mol. The molecular formula is C27H26FN7OS. The van der Waals surface area contributed by atoms with Crippen LogP contribution in [0.15, 0.2) is 36.5 Å². The van der Waals surface area contributed by atoms with E-state index in [9.17, 15) is 10.1 Å². The van der Waals surface area contributed by atoms with Crippen LogP contribution in [0.25, 0.3) is 11.3 Å². The number of halogens is 1. The first-order valence-electron chi connectivity index (χ1n) is 12.3. The molecule has 0 bridgehead atoms. The summed E-state index contributed by atoms with van der Waals surface area (Å²) in [5.41, 5.74) is 5.64. The zero-order valence-corrected chi connectivity index (χ0v) is 21.4. The molecule has 0 unspecified atom stereocenters. The third-order valence-electron chi connectivity index (χ3n) is 7.73. The van der Waals surface area contributed by atoms with E-state index in [2.05, 4.69) is 32.4 Å². The monoisotopic (exact) mass is 515 g/mol. The van der Waals surface area contributed by atoms with Gasteiger partial charge >= 0.3 is 0 Å². The summed E-state index contributed by atoms with van der Waals surface area (Å²) in [6.07, 6.45) is 4.44. The first-order chi connectivity index (χ1) is 17.9. The Morgan fingerprint density at radius 2 is 2.11 bits per heavy atom. The standard InChI is InChI=1S/C27H26FN7OS/c1-3-22(36)35-14-27(15-35)7-10-34(13-27)25-19(11-29)23(24-20(28)5-4-8-30-24)18-6-9-33(12-21(18)32-25)26-17(2)31-16-37-26/h3-5,8,16H,1,6-7,9-10,12-15H2,2H3. The van der Waals surface area contributed by atoms with Crippen molar-refractivity contribution in [1.29, 1.82) is 5.26 Å².